The van der Waals surface area contributed by atoms with Crippen LogP contribution < -0.4 is 5.73 Å². The van der Waals surface area contributed by atoms with Gasteiger partial charge in [-0.1, -0.05) is 0 Å². The smallest absolute Gasteiger partial charge is 0.244 e. The van der Waals surface area contributed by atoms with E-state index in [0.717, 1.165) is 12.8 Å². The minimum absolute atomic E-state index is 0.101. The van der Waals surface area contributed by atoms with Crippen LogP contribution in [0.25, 0.3) is 0 Å². The number of hydrogen-bond donors (Lipinski definition) is 1. The average Bonchev–Trinajstić information content (AvgIpc) is 3.13. The van der Waals surface area contributed by atoms with Crippen LogP contribution in [0.15, 0.2) is 27.6 Å². The van der Waals surface area contributed by atoms with Gasteiger partial charge in [0.05, 0.1) is 11.5 Å². The highest BCUT2D eigenvalue weighted by molar-refractivity contribution is 9.10. The average molecular weight is 349 g/mol. The van der Waals surface area contributed by atoms with E-state index in [-0.39, 0.29) is 10.9 Å². The van der Waals surface area contributed by atoms with Gasteiger partial charge in [0.1, 0.15) is 0 Å². The van der Waals surface area contributed by atoms with E-state index in [2.05, 4.69) is 15.9 Å². The molecule has 1 aliphatic rings. The third-order valence-corrected chi connectivity index (χ3v) is 5.94. The summed E-state index contributed by atoms with van der Waals surface area (Å²) < 4.78 is 32.3. The first-order valence-electron chi connectivity index (χ1n) is 6.02. The number of rotatable bonds is 6. The summed E-state index contributed by atoms with van der Waals surface area (Å²) in [4.78, 5) is 0.254. The molecule has 19 heavy (non-hydrogen) atoms. The summed E-state index contributed by atoms with van der Waals surface area (Å²) in [5.74, 6) is 0. The van der Waals surface area contributed by atoms with Gasteiger partial charge in [0.15, 0.2) is 0 Å². The lowest BCUT2D eigenvalue weighted by Crippen LogP contribution is -2.36. The van der Waals surface area contributed by atoms with Gasteiger partial charge in [0.25, 0.3) is 0 Å². The van der Waals surface area contributed by atoms with Crippen LogP contribution >= 0.6 is 15.9 Å². The van der Waals surface area contributed by atoms with Crippen molar-refractivity contribution >= 4 is 31.6 Å². The molecule has 1 fully saturated rings. The molecular formula is C12H17BrN2O3S. The van der Waals surface area contributed by atoms with Crippen LogP contribution in [0.4, 0.5) is 5.69 Å². The Bertz CT molecular complexity index is 558. The molecule has 0 radical (unpaired) electrons. The van der Waals surface area contributed by atoms with Crippen LogP contribution in [0, 0.1) is 0 Å². The zero-order valence-corrected chi connectivity index (χ0v) is 13.1. The molecule has 1 aromatic rings. The molecule has 1 saturated carbocycles. The summed E-state index contributed by atoms with van der Waals surface area (Å²) in [7, 11) is -1.94. The molecule has 0 aliphatic heterocycles. The van der Waals surface area contributed by atoms with Crippen LogP contribution in [0.2, 0.25) is 0 Å². The molecule has 0 saturated heterocycles. The third-order valence-electron chi connectivity index (χ3n) is 3.01. The van der Waals surface area contributed by atoms with E-state index in [1.54, 1.807) is 19.2 Å². The number of nitrogens with two attached hydrogens (primary N) is 1. The number of ether oxygens (including phenoxy) is 1. The van der Waals surface area contributed by atoms with E-state index in [4.69, 9.17) is 10.5 Å². The highest BCUT2D eigenvalue weighted by atomic mass is 79.9. The number of anilines is 1. The van der Waals surface area contributed by atoms with Crippen LogP contribution in [-0.4, -0.2) is 39.0 Å². The van der Waals surface area contributed by atoms with Gasteiger partial charge < -0.3 is 10.5 Å². The lowest BCUT2D eigenvalue weighted by atomic mass is 10.3. The predicted molar refractivity (Wildman–Crippen MR) is 77.3 cm³/mol. The minimum Gasteiger partial charge on any atom is -0.399 e. The van der Waals surface area contributed by atoms with E-state index < -0.39 is 10.0 Å². The summed E-state index contributed by atoms with van der Waals surface area (Å²) in [6.07, 6.45) is 1.82. The fourth-order valence-corrected chi connectivity index (χ4v) is 4.62. The number of nitrogen functional groups attached to an aromatic ring is 1. The maximum Gasteiger partial charge on any atom is 0.244 e. The molecule has 1 aliphatic carbocycles. The maximum atomic E-state index is 12.7. The fraction of sp³-hybridized carbons (Fsp3) is 0.500. The number of sulfonamides is 1. The number of hydrogen-bond acceptors (Lipinski definition) is 4. The highest BCUT2D eigenvalue weighted by Gasteiger charge is 2.38. The molecule has 7 heteroatoms. The van der Waals surface area contributed by atoms with Crippen molar-refractivity contribution in [3.63, 3.8) is 0 Å². The monoisotopic (exact) mass is 348 g/mol. The van der Waals surface area contributed by atoms with E-state index in [0.29, 0.717) is 23.3 Å². The predicted octanol–water partition coefficient (Wildman–Crippen LogP) is 1.83. The molecule has 106 valence electrons. The summed E-state index contributed by atoms with van der Waals surface area (Å²) in [5.41, 5.74) is 6.17. The van der Waals surface area contributed by atoms with E-state index >= 15 is 0 Å². The summed E-state index contributed by atoms with van der Waals surface area (Å²) in [6.45, 7) is 0.767. The summed E-state index contributed by atoms with van der Waals surface area (Å²) >= 11 is 3.27. The molecule has 0 spiro atoms. The second-order valence-corrected chi connectivity index (χ2v) is 7.24. The molecule has 0 atom stereocenters. The Morgan fingerprint density at radius 1 is 1.47 bits per heavy atom. The minimum atomic E-state index is -3.51. The maximum absolute atomic E-state index is 12.7. The van der Waals surface area contributed by atoms with Gasteiger partial charge in [-0.3, -0.25) is 0 Å². The molecule has 1 aromatic carbocycles. The topological polar surface area (TPSA) is 72.6 Å². The SMILES string of the molecule is COCCN(C1CC1)S(=O)(=O)c1ccc(N)cc1Br. The van der Waals surface area contributed by atoms with Gasteiger partial charge in [-0.15, -0.1) is 0 Å². The van der Waals surface area contributed by atoms with Crippen LogP contribution in [-0.2, 0) is 14.8 Å². The first kappa shape index (κ1) is 14.8. The number of benzene rings is 1. The molecular weight excluding hydrogens is 332 g/mol. The van der Waals surface area contributed by atoms with Crippen LogP contribution in [0.1, 0.15) is 12.8 Å². The zero-order valence-electron chi connectivity index (χ0n) is 10.7. The summed E-state index contributed by atoms with van der Waals surface area (Å²) in [6, 6.07) is 4.84. The Hall–Kier alpha value is -0.630. The molecule has 2 rings (SSSR count). The largest absolute Gasteiger partial charge is 0.399 e. The van der Waals surface area contributed by atoms with Crippen molar-refractivity contribution < 1.29 is 13.2 Å². The quantitative estimate of drug-likeness (QED) is 0.796. The Balaban J connectivity index is 2.33. The van der Waals surface area contributed by atoms with E-state index in [1.807, 2.05) is 0 Å². The van der Waals surface area contributed by atoms with Gasteiger partial charge in [0.2, 0.25) is 10.0 Å². The normalized spacial score (nSPS) is 15.9. The second-order valence-electron chi connectivity index (χ2n) is 4.53. The second kappa shape index (κ2) is 5.78. The van der Waals surface area contributed by atoms with Gasteiger partial charge in [-0.2, -0.15) is 4.31 Å². The lowest BCUT2D eigenvalue weighted by Gasteiger charge is -2.22. The van der Waals surface area contributed by atoms with E-state index in [1.165, 1.54) is 10.4 Å². The molecule has 0 amide bonds. The number of halogens is 1. The van der Waals surface area contributed by atoms with Crippen LogP contribution in [0.3, 0.4) is 0 Å². The van der Waals surface area contributed by atoms with Crippen molar-refractivity contribution in [2.45, 2.75) is 23.8 Å². The van der Waals surface area contributed by atoms with Crippen molar-refractivity contribution in [3.05, 3.63) is 22.7 Å². The van der Waals surface area contributed by atoms with Crippen LogP contribution in [0.5, 0.6) is 0 Å². The van der Waals surface area contributed by atoms with Crippen molar-refractivity contribution in [3.8, 4) is 0 Å². The third kappa shape index (κ3) is 3.28. The van der Waals surface area contributed by atoms with Gasteiger partial charge >= 0.3 is 0 Å². The lowest BCUT2D eigenvalue weighted by molar-refractivity contribution is 0.177. The summed E-state index contributed by atoms with van der Waals surface area (Å²) in [5, 5.41) is 0. The van der Waals surface area contributed by atoms with E-state index in [9.17, 15) is 8.42 Å². The Kier molecular flexibility index (Phi) is 4.50. The number of nitrogens with zero attached hydrogens (tertiary/aromatic N) is 1. The number of methoxy groups -OCH3 is 1. The van der Waals surface area contributed by atoms with Crippen molar-refractivity contribution in [1.82, 2.24) is 4.31 Å². The van der Waals surface area contributed by atoms with Crippen molar-refractivity contribution in [2.24, 2.45) is 0 Å². The van der Waals surface area contributed by atoms with Crippen molar-refractivity contribution in [1.29, 1.82) is 0 Å². The van der Waals surface area contributed by atoms with Gasteiger partial charge in [-0.05, 0) is 47.0 Å². The van der Waals surface area contributed by atoms with Gasteiger partial charge in [-0.25, -0.2) is 8.42 Å². The fourth-order valence-electron chi connectivity index (χ4n) is 1.90. The molecule has 0 unspecified atom stereocenters. The first-order chi connectivity index (χ1) is 8.96. The molecule has 2 N–H and O–H groups in total. The van der Waals surface area contributed by atoms with Crippen molar-refractivity contribution in [2.75, 3.05) is 26.0 Å². The Labute approximate surface area is 121 Å². The molecule has 0 bridgehead atoms. The standard InChI is InChI=1S/C12H17BrN2O3S/c1-18-7-6-15(10-3-4-10)19(16,17)12-5-2-9(14)8-11(12)13/h2,5,8,10H,3-4,6-7,14H2,1H3. The zero-order chi connectivity index (χ0) is 14.0. The first-order valence-corrected chi connectivity index (χ1v) is 8.26. The van der Waals surface area contributed by atoms with Gasteiger partial charge in [0, 0.05) is 29.9 Å². The highest BCUT2D eigenvalue weighted by Crippen LogP contribution is 2.34. The molecule has 5 nitrogen and oxygen atoms in total. The molecule has 0 aromatic heterocycles. The molecule has 0 heterocycles. The Morgan fingerprint density at radius 3 is 2.68 bits per heavy atom. The Morgan fingerprint density at radius 2 is 2.16 bits per heavy atom.